The third-order valence-corrected chi connectivity index (χ3v) is 2.91. The topological polar surface area (TPSA) is 12.0 Å². The Balaban J connectivity index is 2.23. The molecule has 0 aliphatic rings. The van der Waals surface area contributed by atoms with Crippen LogP contribution in [0.5, 0.6) is 0 Å². The van der Waals surface area contributed by atoms with E-state index in [0.29, 0.717) is 0 Å². The molecule has 2 aromatic carbocycles. The third kappa shape index (κ3) is 3.17. The van der Waals surface area contributed by atoms with Gasteiger partial charge in [-0.25, -0.2) is 4.39 Å². The second-order valence-corrected chi connectivity index (χ2v) is 4.34. The first kappa shape index (κ1) is 12.8. The Morgan fingerprint density at radius 3 is 2.44 bits per heavy atom. The average Bonchev–Trinajstić information content (AvgIpc) is 2.41. The van der Waals surface area contributed by atoms with Crippen LogP contribution in [-0.4, -0.2) is 6.54 Å². The molecular formula is C16H18FN. The van der Waals surface area contributed by atoms with E-state index < -0.39 is 0 Å². The minimum atomic E-state index is -0.194. The van der Waals surface area contributed by atoms with Crippen LogP contribution in [0.4, 0.5) is 4.39 Å². The molecule has 0 aliphatic carbocycles. The molecule has 0 aliphatic heterocycles. The monoisotopic (exact) mass is 243 g/mol. The van der Waals surface area contributed by atoms with Crippen LogP contribution in [-0.2, 0) is 6.54 Å². The maximum Gasteiger partial charge on any atom is 0.123 e. The van der Waals surface area contributed by atoms with E-state index in [0.717, 1.165) is 25.1 Å². The first-order chi connectivity index (χ1) is 8.81. The van der Waals surface area contributed by atoms with Crippen LogP contribution in [0.25, 0.3) is 11.1 Å². The predicted octanol–water partition coefficient (Wildman–Crippen LogP) is 3.99. The molecule has 94 valence electrons. The van der Waals surface area contributed by atoms with Crippen molar-refractivity contribution in [1.29, 1.82) is 0 Å². The van der Waals surface area contributed by atoms with Gasteiger partial charge in [0.25, 0.3) is 0 Å². The van der Waals surface area contributed by atoms with Gasteiger partial charge in [-0.1, -0.05) is 43.3 Å². The van der Waals surface area contributed by atoms with Gasteiger partial charge >= 0.3 is 0 Å². The Hall–Kier alpha value is -1.67. The molecule has 0 unspecified atom stereocenters. The van der Waals surface area contributed by atoms with Crippen molar-refractivity contribution in [3.05, 3.63) is 59.9 Å². The summed E-state index contributed by atoms with van der Waals surface area (Å²) in [5.41, 5.74) is 3.48. The van der Waals surface area contributed by atoms with Crippen molar-refractivity contribution >= 4 is 0 Å². The van der Waals surface area contributed by atoms with E-state index in [1.165, 1.54) is 23.3 Å². The van der Waals surface area contributed by atoms with Gasteiger partial charge in [0.05, 0.1) is 0 Å². The first-order valence-electron chi connectivity index (χ1n) is 6.36. The molecule has 2 rings (SSSR count). The van der Waals surface area contributed by atoms with Crippen molar-refractivity contribution in [3.8, 4) is 11.1 Å². The van der Waals surface area contributed by atoms with Crippen LogP contribution in [0.15, 0.2) is 48.5 Å². The first-order valence-corrected chi connectivity index (χ1v) is 6.36. The van der Waals surface area contributed by atoms with Crippen LogP contribution in [0.2, 0.25) is 0 Å². The van der Waals surface area contributed by atoms with Gasteiger partial charge in [0.2, 0.25) is 0 Å². The lowest BCUT2D eigenvalue weighted by atomic mass is 9.99. The standard InChI is InChI=1S/C16H18FN/c1-2-11-18-12-14-5-3-4-6-16(14)13-7-9-15(17)10-8-13/h3-10,18H,2,11-12H2,1H3. The molecule has 0 atom stereocenters. The van der Waals surface area contributed by atoms with Crippen LogP contribution in [0.1, 0.15) is 18.9 Å². The van der Waals surface area contributed by atoms with Crippen LogP contribution < -0.4 is 5.32 Å². The molecule has 2 heteroatoms. The molecule has 0 bridgehead atoms. The zero-order valence-electron chi connectivity index (χ0n) is 10.6. The number of benzene rings is 2. The fraction of sp³-hybridized carbons (Fsp3) is 0.250. The molecule has 1 nitrogen and oxygen atoms in total. The zero-order valence-corrected chi connectivity index (χ0v) is 10.6. The summed E-state index contributed by atoms with van der Waals surface area (Å²) in [5.74, 6) is -0.194. The highest BCUT2D eigenvalue weighted by Gasteiger charge is 2.04. The van der Waals surface area contributed by atoms with E-state index in [9.17, 15) is 4.39 Å². The van der Waals surface area contributed by atoms with E-state index in [-0.39, 0.29) is 5.82 Å². The van der Waals surface area contributed by atoms with Gasteiger partial charge in [-0.2, -0.15) is 0 Å². The average molecular weight is 243 g/mol. The summed E-state index contributed by atoms with van der Waals surface area (Å²) >= 11 is 0. The van der Waals surface area contributed by atoms with Gasteiger partial charge in [-0.15, -0.1) is 0 Å². The molecule has 0 radical (unpaired) electrons. The lowest BCUT2D eigenvalue weighted by molar-refractivity contribution is 0.628. The van der Waals surface area contributed by atoms with Crippen molar-refractivity contribution in [3.63, 3.8) is 0 Å². The van der Waals surface area contributed by atoms with E-state index in [2.05, 4.69) is 24.4 Å². The molecule has 0 amide bonds. The largest absolute Gasteiger partial charge is 0.313 e. The van der Waals surface area contributed by atoms with Crippen LogP contribution in [0.3, 0.4) is 0 Å². The van der Waals surface area contributed by atoms with Gasteiger partial charge in [-0.05, 0) is 41.8 Å². The van der Waals surface area contributed by atoms with E-state index >= 15 is 0 Å². The lowest BCUT2D eigenvalue weighted by Gasteiger charge is -2.10. The van der Waals surface area contributed by atoms with Gasteiger partial charge < -0.3 is 5.32 Å². The second kappa shape index (κ2) is 6.31. The molecule has 1 N–H and O–H groups in total. The molecule has 0 saturated carbocycles. The number of hydrogen-bond acceptors (Lipinski definition) is 1. The Morgan fingerprint density at radius 2 is 1.72 bits per heavy atom. The van der Waals surface area contributed by atoms with Gasteiger partial charge in [0.15, 0.2) is 0 Å². The Labute approximate surface area is 108 Å². The summed E-state index contributed by atoms with van der Waals surface area (Å²) < 4.78 is 12.9. The molecule has 18 heavy (non-hydrogen) atoms. The van der Waals surface area contributed by atoms with Crippen LogP contribution in [0, 0.1) is 5.82 Å². The van der Waals surface area contributed by atoms with Gasteiger partial charge in [-0.3, -0.25) is 0 Å². The lowest BCUT2D eigenvalue weighted by Crippen LogP contribution is -2.14. The van der Waals surface area contributed by atoms with Crippen molar-refractivity contribution in [1.82, 2.24) is 5.32 Å². The second-order valence-electron chi connectivity index (χ2n) is 4.34. The Kier molecular flexibility index (Phi) is 4.48. The predicted molar refractivity (Wildman–Crippen MR) is 73.8 cm³/mol. The highest BCUT2D eigenvalue weighted by atomic mass is 19.1. The van der Waals surface area contributed by atoms with Crippen molar-refractivity contribution in [2.24, 2.45) is 0 Å². The van der Waals surface area contributed by atoms with E-state index in [1.807, 2.05) is 24.3 Å². The summed E-state index contributed by atoms with van der Waals surface area (Å²) in [5, 5.41) is 3.40. The summed E-state index contributed by atoms with van der Waals surface area (Å²) in [6, 6.07) is 14.9. The number of halogens is 1. The molecule has 2 aromatic rings. The van der Waals surface area contributed by atoms with E-state index in [1.54, 1.807) is 0 Å². The molecule has 0 aromatic heterocycles. The van der Waals surface area contributed by atoms with E-state index in [4.69, 9.17) is 0 Å². The van der Waals surface area contributed by atoms with Crippen molar-refractivity contribution in [2.75, 3.05) is 6.54 Å². The highest BCUT2D eigenvalue weighted by molar-refractivity contribution is 5.67. The molecule has 0 heterocycles. The maximum atomic E-state index is 12.9. The van der Waals surface area contributed by atoms with Gasteiger partial charge in [0, 0.05) is 6.54 Å². The maximum absolute atomic E-state index is 12.9. The Bertz CT molecular complexity index is 491. The normalized spacial score (nSPS) is 10.6. The summed E-state index contributed by atoms with van der Waals surface area (Å²) in [6.07, 6.45) is 1.12. The quantitative estimate of drug-likeness (QED) is 0.783. The van der Waals surface area contributed by atoms with Crippen molar-refractivity contribution in [2.45, 2.75) is 19.9 Å². The fourth-order valence-electron chi connectivity index (χ4n) is 1.99. The molecule has 0 spiro atoms. The Morgan fingerprint density at radius 1 is 1.00 bits per heavy atom. The summed E-state index contributed by atoms with van der Waals surface area (Å²) in [6.45, 7) is 4.01. The van der Waals surface area contributed by atoms with Gasteiger partial charge in [0.1, 0.15) is 5.82 Å². The van der Waals surface area contributed by atoms with Crippen LogP contribution >= 0.6 is 0 Å². The molecule has 0 saturated heterocycles. The highest BCUT2D eigenvalue weighted by Crippen LogP contribution is 2.23. The number of nitrogens with one attached hydrogen (secondary N) is 1. The smallest absolute Gasteiger partial charge is 0.123 e. The minimum absolute atomic E-state index is 0.194. The third-order valence-electron chi connectivity index (χ3n) is 2.91. The SMILES string of the molecule is CCCNCc1ccccc1-c1ccc(F)cc1. The summed E-state index contributed by atoms with van der Waals surface area (Å²) in [4.78, 5) is 0. The minimum Gasteiger partial charge on any atom is -0.313 e. The number of rotatable bonds is 5. The fourth-order valence-corrected chi connectivity index (χ4v) is 1.99. The molecular weight excluding hydrogens is 225 g/mol. The molecule has 0 fully saturated rings. The zero-order chi connectivity index (χ0) is 12.8. The van der Waals surface area contributed by atoms with Crippen molar-refractivity contribution < 1.29 is 4.39 Å². The number of hydrogen-bond donors (Lipinski definition) is 1. The summed E-state index contributed by atoms with van der Waals surface area (Å²) in [7, 11) is 0.